The van der Waals surface area contributed by atoms with Crippen molar-refractivity contribution in [3.63, 3.8) is 0 Å². The summed E-state index contributed by atoms with van der Waals surface area (Å²) in [6.45, 7) is 2.71. The smallest absolute Gasteiger partial charge is 0.253 e. The van der Waals surface area contributed by atoms with E-state index in [4.69, 9.17) is 11.6 Å². The van der Waals surface area contributed by atoms with Crippen molar-refractivity contribution in [1.29, 1.82) is 0 Å². The lowest BCUT2D eigenvalue weighted by Gasteiger charge is -2.13. The van der Waals surface area contributed by atoms with Crippen molar-refractivity contribution in [3.05, 3.63) is 28.8 Å². The van der Waals surface area contributed by atoms with Gasteiger partial charge in [-0.1, -0.05) is 11.6 Å². The Morgan fingerprint density at radius 2 is 2.00 bits per heavy atom. The lowest BCUT2D eigenvalue weighted by molar-refractivity contribution is -0.116. The standard InChI is InChI=1S/C18H24ClN3O2.ClH/c19-14-4-5-16(15(9-14)18(24)21-11-12-1-2-12)22-17(23)6-3-13-7-8-20-10-13;/h4-5,9,12-13,20H,1-3,6-8,10-11H2,(H,21,24)(H,22,23);1H. The monoisotopic (exact) mass is 385 g/mol. The van der Waals surface area contributed by atoms with Gasteiger partial charge < -0.3 is 16.0 Å². The van der Waals surface area contributed by atoms with Gasteiger partial charge in [0.1, 0.15) is 0 Å². The van der Waals surface area contributed by atoms with Crippen LogP contribution in [0.25, 0.3) is 0 Å². The summed E-state index contributed by atoms with van der Waals surface area (Å²) in [5.41, 5.74) is 0.960. The molecule has 1 aromatic rings. The molecule has 1 aromatic carbocycles. The van der Waals surface area contributed by atoms with Gasteiger partial charge in [0.2, 0.25) is 5.91 Å². The van der Waals surface area contributed by atoms with Crippen molar-refractivity contribution in [1.82, 2.24) is 10.6 Å². The summed E-state index contributed by atoms with van der Waals surface area (Å²) >= 11 is 6.02. The van der Waals surface area contributed by atoms with E-state index in [0.717, 1.165) is 25.9 Å². The number of nitrogens with one attached hydrogen (secondary N) is 3. The molecule has 5 nitrogen and oxygen atoms in total. The molecule has 0 spiro atoms. The van der Waals surface area contributed by atoms with E-state index in [2.05, 4.69) is 16.0 Å². The predicted molar refractivity (Wildman–Crippen MR) is 103 cm³/mol. The van der Waals surface area contributed by atoms with Crippen LogP contribution in [0.4, 0.5) is 5.69 Å². The molecule has 7 heteroatoms. The molecule has 2 fully saturated rings. The quantitative estimate of drug-likeness (QED) is 0.674. The Labute approximate surface area is 159 Å². The van der Waals surface area contributed by atoms with Gasteiger partial charge in [0.15, 0.2) is 0 Å². The number of hydrogen-bond acceptors (Lipinski definition) is 3. The second-order valence-electron chi connectivity index (χ2n) is 6.79. The SMILES string of the molecule is Cl.O=C(CCC1CCNC1)Nc1ccc(Cl)cc1C(=O)NCC1CC1. The highest BCUT2D eigenvalue weighted by molar-refractivity contribution is 6.31. The van der Waals surface area contributed by atoms with E-state index in [0.29, 0.717) is 41.1 Å². The van der Waals surface area contributed by atoms with E-state index >= 15 is 0 Å². The average Bonchev–Trinajstić information content (AvgIpc) is 3.25. The van der Waals surface area contributed by atoms with Gasteiger partial charge in [0, 0.05) is 18.0 Å². The molecule has 3 rings (SSSR count). The molecule has 1 saturated heterocycles. The summed E-state index contributed by atoms with van der Waals surface area (Å²) in [7, 11) is 0. The molecule has 1 unspecified atom stereocenters. The summed E-state index contributed by atoms with van der Waals surface area (Å²) in [6.07, 6.45) is 4.82. The zero-order valence-corrected chi connectivity index (χ0v) is 15.7. The van der Waals surface area contributed by atoms with Crippen molar-refractivity contribution in [3.8, 4) is 0 Å². The number of amides is 2. The van der Waals surface area contributed by atoms with Crippen LogP contribution < -0.4 is 16.0 Å². The molecule has 1 aliphatic carbocycles. The van der Waals surface area contributed by atoms with Crippen LogP contribution in [0, 0.1) is 11.8 Å². The van der Waals surface area contributed by atoms with Crippen LogP contribution >= 0.6 is 24.0 Å². The second kappa shape index (κ2) is 9.41. The Morgan fingerprint density at radius 3 is 2.68 bits per heavy atom. The summed E-state index contributed by atoms with van der Waals surface area (Å²) in [5.74, 6) is 0.939. The number of halogens is 2. The van der Waals surface area contributed by atoms with Crippen LogP contribution in [0.5, 0.6) is 0 Å². The number of benzene rings is 1. The molecule has 0 radical (unpaired) electrons. The fraction of sp³-hybridized carbons (Fsp3) is 0.556. The first-order chi connectivity index (χ1) is 11.6. The second-order valence-corrected chi connectivity index (χ2v) is 7.23. The van der Waals surface area contributed by atoms with Crippen molar-refractivity contribution >= 4 is 41.5 Å². The van der Waals surface area contributed by atoms with Gasteiger partial charge >= 0.3 is 0 Å². The normalized spacial score (nSPS) is 19.2. The topological polar surface area (TPSA) is 70.2 Å². The van der Waals surface area contributed by atoms with Crippen LogP contribution in [0.2, 0.25) is 5.02 Å². The highest BCUT2D eigenvalue weighted by Crippen LogP contribution is 2.28. The molecule has 138 valence electrons. The summed E-state index contributed by atoms with van der Waals surface area (Å²) < 4.78 is 0. The van der Waals surface area contributed by atoms with Crippen molar-refractivity contribution < 1.29 is 9.59 Å². The van der Waals surface area contributed by atoms with Gasteiger partial charge in [0.25, 0.3) is 5.91 Å². The summed E-state index contributed by atoms with van der Waals surface area (Å²) in [5, 5.41) is 9.58. The highest BCUT2D eigenvalue weighted by atomic mass is 35.5. The van der Waals surface area contributed by atoms with Gasteiger partial charge in [-0.25, -0.2) is 0 Å². The zero-order valence-electron chi connectivity index (χ0n) is 14.1. The summed E-state index contributed by atoms with van der Waals surface area (Å²) in [4.78, 5) is 24.6. The molecule has 1 aliphatic heterocycles. The predicted octanol–water partition coefficient (Wildman–Crippen LogP) is 3.23. The first kappa shape index (κ1) is 20.0. The maximum atomic E-state index is 12.4. The Balaban J connectivity index is 0.00000225. The van der Waals surface area contributed by atoms with Crippen LogP contribution in [0.15, 0.2) is 18.2 Å². The molecule has 2 amide bonds. The van der Waals surface area contributed by atoms with E-state index in [-0.39, 0.29) is 24.2 Å². The van der Waals surface area contributed by atoms with Crippen molar-refractivity contribution in [2.45, 2.75) is 32.1 Å². The zero-order chi connectivity index (χ0) is 16.9. The number of rotatable bonds is 7. The molecule has 1 saturated carbocycles. The average molecular weight is 386 g/mol. The van der Waals surface area contributed by atoms with E-state index in [1.807, 2.05) is 0 Å². The van der Waals surface area contributed by atoms with Crippen LogP contribution in [-0.2, 0) is 4.79 Å². The third kappa shape index (κ3) is 6.17. The molecule has 1 heterocycles. The van der Waals surface area contributed by atoms with Gasteiger partial charge in [-0.15, -0.1) is 12.4 Å². The minimum absolute atomic E-state index is 0. The Hall–Kier alpha value is -1.30. The minimum atomic E-state index is -0.181. The maximum Gasteiger partial charge on any atom is 0.253 e. The minimum Gasteiger partial charge on any atom is -0.352 e. The fourth-order valence-corrected chi connectivity index (χ4v) is 3.15. The number of hydrogen-bond donors (Lipinski definition) is 3. The lowest BCUT2D eigenvalue weighted by Crippen LogP contribution is -2.27. The molecule has 2 aliphatic rings. The van der Waals surface area contributed by atoms with E-state index in [9.17, 15) is 9.59 Å². The Bertz CT molecular complexity index is 614. The fourth-order valence-electron chi connectivity index (χ4n) is 2.98. The molecular weight excluding hydrogens is 361 g/mol. The van der Waals surface area contributed by atoms with Gasteiger partial charge in [-0.2, -0.15) is 0 Å². The Kier molecular flexibility index (Phi) is 7.54. The first-order valence-electron chi connectivity index (χ1n) is 8.70. The van der Waals surface area contributed by atoms with E-state index in [1.54, 1.807) is 18.2 Å². The number of carbonyl (C=O) groups excluding carboxylic acids is 2. The summed E-state index contributed by atoms with van der Waals surface area (Å²) in [6, 6.07) is 5.00. The Morgan fingerprint density at radius 1 is 1.20 bits per heavy atom. The van der Waals surface area contributed by atoms with Crippen LogP contribution in [0.1, 0.15) is 42.5 Å². The van der Waals surface area contributed by atoms with Crippen molar-refractivity contribution in [2.24, 2.45) is 11.8 Å². The third-order valence-corrected chi connectivity index (χ3v) is 4.93. The van der Waals surface area contributed by atoms with Crippen LogP contribution in [0.3, 0.4) is 0 Å². The first-order valence-corrected chi connectivity index (χ1v) is 9.08. The molecule has 3 N–H and O–H groups in total. The largest absolute Gasteiger partial charge is 0.352 e. The molecular formula is C18H25Cl2N3O2. The van der Waals surface area contributed by atoms with E-state index < -0.39 is 0 Å². The van der Waals surface area contributed by atoms with Gasteiger partial charge in [-0.3, -0.25) is 9.59 Å². The van der Waals surface area contributed by atoms with Gasteiger partial charge in [-0.05, 0) is 68.8 Å². The highest BCUT2D eigenvalue weighted by Gasteiger charge is 2.23. The lowest BCUT2D eigenvalue weighted by atomic mass is 10.0. The molecule has 1 atom stereocenters. The van der Waals surface area contributed by atoms with Crippen molar-refractivity contribution in [2.75, 3.05) is 25.0 Å². The number of anilines is 1. The molecule has 25 heavy (non-hydrogen) atoms. The molecule has 0 aromatic heterocycles. The van der Waals surface area contributed by atoms with E-state index in [1.165, 1.54) is 12.8 Å². The third-order valence-electron chi connectivity index (χ3n) is 4.69. The number of carbonyl (C=O) groups is 2. The van der Waals surface area contributed by atoms with Gasteiger partial charge in [0.05, 0.1) is 11.3 Å². The maximum absolute atomic E-state index is 12.4. The molecule has 0 bridgehead atoms. The van der Waals surface area contributed by atoms with Crippen LogP contribution in [-0.4, -0.2) is 31.4 Å².